The van der Waals surface area contributed by atoms with Crippen molar-refractivity contribution in [3.8, 4) is 0 Å². The predicted octanol–water partition coefficient (Wildman–Crippen LogP) is 2.07. The number of carbonyl (C=O) groups excluding carboxylic acids is 1. The second-order valence-electron chi connectivity index (χ2n) is 5.94. The second-order valence-corrected chi connectivity index (χ2v) is 5.94. The molecule has 5 heteroatoms. The topological polar surface area (TPSA) is 32.3 Å². The molecule has 0 aromatic carbocycles. The first-order valence-electron chi connectivity index (χ1n) is 7.38. The molecule has 2 rings (SSSR count). The zero-order valence-electron chi connectivity index (χ0n) is 11.5. The summed E-state index contributed by atoms with van der Waals surface area (Å²) in [5.41, 5.74) is 0. The van der Waals surface area contributed by atoms with Crippen LogP contribution in [0.25, 0.3) is 0 Å². The first-order chi connectivity index (χ1) is 9.05. The molecule has 1 heterocycles. The van der Waals surface area contributed by atoms with Crippen LogP contribution in [0.15, 0.2) is 0 Å². The molecule has 2 aliphatic rings. The highest BCUT2D eigenvalue weighted by Gasteiger charge is 2.36. The Kier molecular flexibility index (Phi) is 5.28. The zero-order chi connectivity index (χ0) is 13.7. The molecular formula is C14H24F2N2O. The van der Waals surface area contributed by atoms with Gasteiger partial charge >= 0.3 is 0 Å². The van der Waals surface area contributed by atoms with Gasteiger partial charge in [0, 0.05) is 32.4 Å². The van der Waals surface area contributed by atoms with E-state index in [-0.39, 0.29) is 24.5 Å². The highest BCUT2D eigenvalue weighted by atomic mass is 19.3. The number of ketones is 1. The highest BCUT2D eigenvalue weighted by Crippen LogP contribution is 2.38. The number of hydrogen-bond acceptors (Lipinski definition) is 3. The Morgan fingerprint density at radius 1 is 1.26 bits per heavy atom. The number of rotatable bonds is 4. The Labute approximate surface area is 113 Å². The molecule has 0 aromatic rings. The number of nitrogens with zero attached hydrogens (tertiary/aromatic N) is 1. The third-order valence-electron chi connectivity index (χ3n) is 4.09. The summed E-state index contributed by atoms with van der Waals surface area (Å²) in [5.74, 6) is -2.53. The molecule has 1 saturated carbocycles. The number of hydrogen-bond donors (Lipinski definition) is 1. The zero-order valence-corrected chi connectivity index (χ0v) is 11.5. The predicted molar refractivity (Wildman–Crippen MR) is 70.5 cm³/mol. The molecule has 1 aliphatic heterocycles. The Bertz CT molecular complexity index is 302. The van der Waals surface area contributed by atoms with E-state index in [0.717, 1.165) is 39.0 Å². The quantitative estimate of drug-likeness (QED) is 0.852. The summed E-state index contributed by atoms with van der Waals surface area (Å²) in [6.45, 7) is 4.16. The van der Waals surface area contributed by atoms with E-state index in [2.05, 4.69) is 10.2 Å². The number of halogens is 2. The van der Waals surface area contributed by atoms with Gasteiger partial charge in [-0.3, -0.25) is 9.69 Å². The van der Waals surface area contributed by atoms with Crippen LogP contribution in [-0.2, 0) is 4.79 Å². The summed E-state index contributed by atoms with van der Waals surface area (Å²) in [4.78, 5) is 14.1. The smallest absolute Gasteiger partial charge is 0.248 e. The fraction of sp³-hybridized carbons (Fsp3) is 0.929. The third kappa shape index (κ3) is 5.15. The van der Waals surface area contributed by atoms with Gasteiger partial charge in [-0.2, -0.15) is 0 Å². The lowest BCUT2D eigenvalue weighted by Crippen LogP contribution is -2.35. The van der Waals surface area contributed by atoms with E-state index >= 15 is 0 Å². The van der Waals surface area contributed by atoms with Crippen LogP contribution < -0.4 is 5.32 Å². The van der Waals surface area contributed by atoms with Crippen molar-refractivity contribution in [1.82, 2.24) is 10.2 Å². The molecule has 0 bridgehead atoms. The molecule has 110 valence electrons. The minimum Gasteiger partial charge on any atom is -0.315 e. The largest absolute Gasteiger partial charge is 0.315 e. The van der Waals surface area contributed by atoms with Gasteiger partial charge in [-0.05, 0) is 38.3 Å². The molecule has 19 heavy (non-hydrogen) atoms. The van der Waals surface area contributed by atoms with E-state index in [1.165, 1.54) is 0 Å². The van der Waals surface area contributed by atoms with Crippen molar-refractivity contribution in [3.63, 3.8) is 0 Å². The van der Waals surface area contributed by atoms with Crippen LogP contribution in [0, 0.1) is 5.92 Å². The van der Waals surface area contributed by atoms with Gasteiger partial charge in [0.25, 0.3) is 0 Å². The van der Waals surface area contributed by atoms with Gasteiger partial charge in [-0.25, -0.2) is 8.78 Å². The van der Waals surface area contributed by atoms with Crippen LogP contribution in [0.4, 0.5) is 8.78 Å². The Hall–Kier alpha value is -0.550. The lowest BCUT2D eigenvalue weighted by molar-refractivity contribution is -0.122. The highest BCUT2D eigenvalue weighted by molar-refractivity contribution is 5.80. The average Bonchev–Trinajstić information content (AvgIpc) is 2.56. The summed E-state index contributed by atoms with van der Waals surface area (Å²) >= 11 is 0. The van der Waals surface area contributed by atoms with Crippen molar-refractivity contribution in [2.75, 3.05) is 32.7 Å². The van der Waals surface area contributed by atoms with Crippen LogP contribution in [0.5, 0.6) is 0 Å². The number of carbonyl (C=O) groups is 1. The van der Waals surface area contributed by atoms with Crippen LogP contribution >= 0.6 is 0 Å². The lowest BCUT2D eigenvalue weighted by atomic mass is 9.83. The average molecular weight is 274 g/mol. The molecule has 1 atom stereocenters. The SMILES string of the molecule is O=C(CC1CCCC(F)(F)C1)CN1CCCNCC1. The Morgan fingerprint density at radius 2 is 2.11 bits per heavy atom. The molecule has 0 aromatic heterocycles. The van der Waals surface area contributed by atoms with Gasteiger partial charge in [0.05, 0.1) is 6.54 Å². The summed E-state index contributed by atoms with van der Waals surface area (Å²) in [6, 6.07) is 0. The molecule has 0 spiro atoms. The van der Waals surface area contributed by atoms with E-state index < -0.39 is 5.92 Å². The Balaban J connectivity index is 1.74. The van der Waals surface area contributed by atoms with Gasteiger partial charge in [0.1, 0.15) is 5.78 Å². The van der Waals surface area contributed by atoms with Crippen LogP contribution in [-0.4, -0.2) is 49.3 Å². The molecule has 1 saturated heterocycles. The van der Waals surface area contributed by atoms with Crippen molar-refractivity contribution in [1.29, 1.82) is 0 Å². The summed E-state index contributed by atoms with van der Waals surface area (Å²) < 4.78 is 26.6. The van der Waals surface area contributed by atoms with E-state index in [0.29, 0.717) is 19.4 Å². The fourth-order valence-electron chi connectivity index (χ4n) is 3.15. The maximum absolute atomic E-state index is 13.3. The minimum absolute atomic E-state index is 0.00448. The summed E-state index contributed by atoms with van der Waals surface area (Å²) in [5, 5.41) is 3.29. The molecule has 0 amide bonds. The van der Waals surface area contributed by atoms with Crippen LogP contribution in [0.2, 0.25) is 0 Å². The second kappa shape index (κ2) is 6.75. The van der Waals surface area contributed by atoms with Crippen molar-refractivity contribution < 1.29 is 13.6 Å². The molecule has 1 unspecified atom stereocenters. The molecular weight excluding hydrogens is 250 g/mol. The molecule has 3 nitrogen and oxygen atoms in total. The van der Waals surface area contributed by atoms with Crippen molar-refractivity contribution in [2.45, 2.75) is 44.4 Å². The molecule has 1 N–H and O–H groups in total. The first kappa shape index (κ1) is 14.9. The van der Waals surface area contributed by atoms with Crippen LogP contribution in [0.3, 0.4) is 0 Å². The van der Waals surface area contributed by atoms with Gasteiger partial charge in [-0.15, -0.1) is 0 Å². The normalized spacial score (nSPS) is 28.8. The Morgan fingerprint density at radius 3 is 2.89 bits per heavy atom. The maximum atomic E-state index is 13.3. The maximum Gasteiger partial charge on any atom is 0.248 e. The van der Waals surface area contributed by atoms with Crippen molar-refractivity contribution in [3.05, 3.63) is 0 Å². The fourth-order valence-corrected chi connectivity index (χ4v) is 3.15. The number of alkyl halides is 2. The molecule has 0 radical (unpaired) electrons. The van der Waals surface area contributed by atoms with Gasteiger partial charge in [0.15, 0.2) is 0 Å². The van der Waals surface area contributed by atoms with E-state index in [1.807, 2.05) is 0 Å². The molecule has 1 aliphatic carbocycles. The third-order valence-corrected chi connectivity index (χ3v) is 4.09. The van der Waals surface area contributed by atoms with Crippen LogP contribution in [0.1, 0.15) is 38.5 Å². The van der Waals surface area contributed by atoms with E-state index in [1.54, 1.807) is 0 Å². The van der Waals surface area contributed by atoms with Crippen molar-refractivity contribution in [2.24, 2.45) is 5.92 Å². The van der Waals surface area contributed by atoms with E-state index in [9.17, 15) is 13.6 Å². The van der Waals surface area contributed by atoms with Gasteiger partial charge < -0.3 is 5.32 Å². The first-order valence-corrected chi connectivity index (χ1v) is 7.38. The monoisotopic (exact) mass is 274 g/mol. The molecule has 2 fully saturated rings. The number of Topliss-reactive ketones (excluding diaryl/α,β-unsaturated/α-hetero) is 1. The van der Waals surface area contributed by atoms with Gasteiger partial charge in [-0.1, -0.05) is 0 Å². The van der Waals surface area contributed by atoms with Gasteiger partial charge in [0.2, 0.25) is 5.92 Å². The standard InChI is InChI=1S/C14H24F2N2O/c15-14(16)4-1-3-12(10-14)9-13(19)11-18-7-2-5-17-6-8-18/h12,17H,1-11H2. The van der Waals surface area contributed by atoms with E-state index in [4.69, 9.17) is 0 Å². The lowest BCUT2D eigenvalue weighted by Gasteiger charge is -2.29. The number of nitrogens with one attached hydrogen (secondary N) is 1. The summed E-state index contributed by atoms with van der Waals surface area (Å²) in [6.07, 6.45) is 2.62. The minimum atomic E-state index is -2.55. The van der Waals surface area contributed by atoms with Crippen molar-refractivity contribution >= 4 is 5.78 Å². The summed E-state index contributed by atoms with van der Waals surface area (Å²) in [7, 11) is 0.